The van der Waals surface area contributed by atoms with E-state index in [1.165, 1.54) is 0 Å². The van der Waals surface area contributed by atoms with Crippen molar-refractivity contribution in [3.63, 3.8) is 0 Å². The highest BCUT2D eigenvalue weighted by atomic mass is 16.5. The summed E-state index contributed by atoms with van der Waals surface area (Å²) < 4.78 is 11.2. The van der Waals surface area contributed by atoms with E-state index in [4.69, 9.17) is 9.47 Å². The zero-order valence-corrected chi connectivity index (χ0v) is 12.6. The van der Waals surface area contributed by atoms with Gasteiger partial charge in [0.1, 0.15) is 12.1 Å². The number of fused-ring (bicyclic) bond motifs is 1. The van der Waals surface area contributed by atoms with Crippen LogP contribution < -0.4 is 5.32 Å². The van der Waals surface area contributed by atoms with Crippen LogP contribution in [-0.4, -0.2) is 42.4 Å². The molecule has 0 radical (unpaired) electrons. The predicted molar refractivity (Wildman–Crippen MR) is 82.6 cm³/mol. The second-order valence-electron chi connectivity index (χ2n) is 5.55. The van der Waals surface area contributed by atoms with Gasteiger partial charge >= 0.3 is 0 Å². The summed E-state index contributed by atoms with van der Waals surface area (Å²) in [6.07, 6.45) is 3.41. The summed E-state index contributed by atoms with van der Waals surface area (Å²) in [4.78, 5) is 8.76. The van der Waals surface area contributed by atoms with Crippen molar-refractivity contribution in [3.8, 4) is 0 Å². The molecule has 112 valence electrons. The van der Waals surface area contributed by atoms with Gasteiger partial charge in [0, 0.05) is 45.1 Å². The summed E-state index contributed by atoms with van der Waals surface area (Å²) in [5.41, 5.74) is 1.98. The monoisotopic (exact) mass is 287 g/mol. The molecule has 3 rings (SSSR count). The van der Waals surface area contributed by atoms with Crippen molar-refractivity contribution in [2.75, 3.05) is 32.2 Å². The van der Waals surface area contributed by atoms with Crippen molar-refractivity contribution in [2.24, 2.45) is 0 Å². The molecular formula is C16H21N3O2. The zero-order valence-electron chi connectivity index (χ0n) is 12.6. The normalized spacial score (nSPS) is 17.8. The Kier molecular flexibility index (Phi) is 4.03. The molecule has 0 bridgehead atoms. The van der Waals surface area contributed by atoms with Gasteiger partial charge < -0.3 is 14.8 Å². The van der Waals surface area contributed by atoms with Crippen LogP contribution in [0.2, 0.25) is 0 Å². The first-order chi connectivity index (χ1) is 10.2. The molecule has 1 saturated heterocycles. The fraction of sp³-hybridized carbons (Fsp3) is 0.500. The molecule has 1 aliphatic heterocycles. The van der Waals surface area contributed by atoms with E-state index in [-0.39, 0.29) is 5.60 Å². The first kappa shape index (κ1) is 14.2. The van der Waals surface area contributed by atoms with Crippen LogP contribution in [0.5, 0.6) is 0 Å². The molecule has 1 N–H and O–H groups in total. The number of anilines is 1. The topological polar surface area (TPSA) is 56.3 Å². The molecule has 0 saturated carbocycles. The Bertz CT molecular complexity index is 624. The average molecular weight is 287 g/mol. The molecule has 0 spiro atoms. The number of benzene rings is 1. The van der Waals surface area contributed by atoms with Gasteiger partial charge in [0.15, 0.2) is 0 Å². The highest BCUT2D eigenvalue weighted by Crippen LogP contribution is 2.27. The number of nitrogens with one attached hydrogen (secondary N) is 1. The fourth-order valence-corrected chi connectivity index (χ4v) is 2.82. The third kappa shape index (κ3) is 2.84. The summed E-state index contributed by atoms with van der Waals surface area (Å²) in [6, 6.07) is 6.15. The van der Waals surface area contributed by atoms with Crippen LogP contribution >= 0.6 is 0 Å². The number of aryl methyl sites for hydroxylation is 1. The van der Waals surface area contributed by atoms with Gasteiger partial charge in [-0.25, -0.2) is 9.97 Å². The number of para-hydroxylation sites is 1. The maximum absolute atomic E-state index is 5.75. The largest absolute Gasteiger partial charge is 0.381 e. The molecule has 2 aromatic rings. The lowest BCUT2D eigenvalue weighted by atomic mass is 9.94. The van der Waals surface area contributed by atoms with E-state index in [9.17, 15) is 0 Å². The summed E-state index contributed by atoms with van der Waals surface area (Å²) in [5, 5.41) is 4.50. The Hall–Kier alpha value is -1.72. The second-order valence-corrected chi connectivity index (χ2v) is 5.55. The van der Waals surface area contributed by atoms with Gasteiger partial charge in [-0.3, -0.25) is 0 Å². The van der Waals surface area contributed by atoms with E-state index in [1.54, 1.807) is 13.4 Å². The van der Waals surface area contributed by atoms with Crippen molar-refractivity contribution >= 4 is 16.7 Å². The molecule has 5 nitrogen and oxygen atoms in total. The van der Waals surface area contributed by atoms with Gasteiger partial charge in [0.05, 0.1) is 11.1 Å². The van der Waals surface area contributed by atoms with Gasteiger partial charge in [-0.15, -0.1) is 0 Å². The number of hydrogen-bond donors (Lipinski definition) is 1. The highest BCUT2D eigenvalue weighted by Gasteiger charge is 2.32. The number of aromatic nitrogens is 2. The lowest BCUT2D eigenvalue weighted by Gasteiger charge is -2.36. The summed E-state index contributed by atoms with van der Waals surface area (Å²) >= 11 is 0. The third-order valence-electron chi connectivity index (χ3n) is 4.28. The van der Waals surface area contributed by atoms with Gasteiger partial charge in [-0.1, -0.05) is 12.1 Å². The molecular weight excluding hydrogens is 266 g/mol. The number of ether oxygens (including phenoxy) is 2. The van der Waals surface area contributed by atoms with Crippen LogP contribution in [0.3, 0.4) is 0 Å². The van der Waals surface area contributed by atoms with Crippen molar-refractivity contribution in [1.82, 2.24) is 9.97 Å². The van der Waals surface area contributed by atoms with E-state index in [0.29, 0.717) is 0 Å². The maximum Gasteiger partial charge on any atom is 0.137 e. The summed E-state index contributed by atoms with van der Waals surface area (Å²) in [7, 11) is 1.77. The number of nitrogens with zero attached hydrogens (tertiary/aromatic N) is 2. The van der Waals surface area contributed by atoms with Crippen molar-refractivity contribution in [3.05, 3.63) is 30.1 Å². The molecule has 1 aliphatic rings. The van der Waals surface area contributed by atoms with Gasteiger partial charge in [0.2, 0.25) is 0 Å². The molecule has 5 heteroatoms. The van der Waals surface area contributed by atoms with Gasteiger partial charge in [0.25, 0.3) is 0 Å². The lowest BCUT2D eigenvalue weighted by Crippen LogP contribution is -2.44. The van der Waals surface area contributed by atoms with E-state index in [0.717, 1.165) is 54.9 Å². The van der Waals surface area contributed by atoms with Crippen LogP contribution in [0, 0.1) is 6.92 Å². The third-order valence-corrected chi connectivity index (χ3v) is 4.28. The smallest absolute Gasteiger partial charge is 0.137 e. The highest BCUT2D eigenvalue weighted by molar-refractivity contribution is 5.90. The summed E-state index contributed by atoms with van der Waals surface area (Å²) in [6.45, 7) is 4.29. The maximum atomic E-state index is 5.75. The number of methoxy groups -OCH3 is 1. The zero-order chi connectivity index (χ0) is 14.7. The number of hydrogen-bond acceptors (Lipinski definition) is 5. The van der Waals surface area contributed by atoms with Crippen LogP contribution in [0.15, 0.2) is 24.5 Å². The molecule has 0 aliphatic carbocycles. The first-order valence-corrected chi connectivity index (χ1v) is 7.31. The van der Waals surface area contributed by atoms with E-state index >= 15 is 0 Å². The molecule has 1 aromatic carbocycles. The fourth-order valence-electron chi connectivity index (χ4n) is 2.82. The minimum atomic E-state index is -0.167. The van der Waals surface area contributed by atoms with E-state index in [1.807, 2.05) is 12.1 Å². The SMILES string of the molecule is COC1(CNc2ncnc3c(C)cccc23)CCOCC1. The average Bonchev–Trinajstić information content (AvgIpc) is 2.54. The van der Waals surface area contributed by atoms with Crippen molar-refractivity contribution < 1.29 is 9.47 Å². The van der Waals surface area contributed by atoms with Crippen LogP contribution in [-0.2, 0) is 9.47 Å². The Labute approximate surface area is 124 Å². The molecule has 1 aromatic heterocycles. The Morgan fingerprint density at radius 1 is 1.29 bits per heavy atom. The first-order valence-electron chi connectivity index (χ1n) is 7.31. The van der Waals surface area contributed by atoms with Crippen LogP contribution in [0.1, 0.15) is 18.4 Å². The van der Waals surface area contributed by atoms with E-state index in [2.05, 4.69) is 28.3 Å². The molecule has 0 atom stereocenters. The Morgan fingerprint density at radius 3 is 2.86 bits per heavy atom. The van der Waals surface area contributed by atoms with Crippen molar-refractivity contribution in [1.29, 1.82) is 0 Å². The van der Waals surface area contributed by atoms with Crippen molar-refractivity contribution in [2.45, 2.75) is 25.4 Å². The number of rotatable bonds is 4. The lowest BCUT2D eigenvalue weighted by molar-refractivity contribution is -0.0807. The van der Waals surface area contributed by atoms with Gasteiger partial charge in [-0.05, 0) is 18.6 Å². The molecule has 1 fully saturated rings. The van der Waals surface area contributed by atoms with Crippen LogP contribution in [0.4, 0.5) is 5.82 Å². The van der Waals surface area contributed by atoms with Crippen LogP contribution in [0.25, 0.3) is 10.9 Å². The standard InChI is InChI=1S/C16H21N3O2/c1-12-4-3-5-13-14(12)18-11-19-15(13)17-10-16(20-2)6-8-21-9-7-16/h3-5,11H,6-10H2,1-2H3,(H,17,18,19). The van der Waals surface area contributed by atoms with E-state index < -0.39 is 0 Å². The molecule has 0 amide bonds. The quantitative estimate of drug-likeness (QED) is 0.936. The minimum absolute atomic E-state index is 0.167. The minimum Gasteiger partial charge on any atom is -0.381 e. The Balaban J connectivity index is 1.83. The molecule has 2 heterocycles. The molecule has 21 heavy (non-hydrogen) atoms. The summed E-state index contributed by atoms with van der Waals surface area (Å²) in [5.74, 6) is 0.867. The second kappa shape index (κ2) is 5.95. The Morgan fingerprint density at radius 2 is 2.10 bits per heavy atom. The molecule has 0 unspecified atom stereocenters. The predicted octanol–water partition coefficient (Wildman–Crippen LogP) is 2.55. The van der Waals surface area contributed by atoms with Gasteiger partial charge in [-0.2, -0.15) is 0 Å².